The number of terminal acetylenes is 1. The van der Waals surface area contributed by atoms with Crippen LogP contribution in [0.1, 0.15) is 70.8 Å². The third-order valence-corrected chi connectivity index (χ3v) is 10.9. The van der Waals surface area contributed by atoms with Gasteiger partial charge in [-0.25, -0.2) is 4.79 Å². The Bertz CT molecular complexity index is 1280. The molecule has 0 heterocycles. The molecule has 1 aromatic carbocycles. The lowest BCUT2D eigenvalue weighted by atomic mass is 9.46. The first-order valence-corrected chi connectivity index (χ1v) is 14.8. The van der Waals surface area contributed by atoms with Gasteiger partial charge in [0, 0.05) is 11.8 Å². The number of benzene rings is 1. The monoisotopic (exact) mass is 562 g/mol. The van der Waals surface area contributed by atoms with Crippen LogP contribution in [-0.4, -0.2) is 53.2 Å². The van der Waals surface area contributed by atoms with Crippen LogP contribution in [0.15, 0.2) is 41.1 Å². The van der Waals surface area contributed by atoms with Gasteiger partial charge in [-0.1, -0.05) is 42.6 Å². The number of aliphatic hydroxyl groups is 1. The molecule has 41 heavy (non-hydrogen) atoms. The zero-order valence-corrected chi connectivity index (χ0v) is 24.3. The minimum Gasteiger partial charge on any atom is -0.508 e. The number of hydrogen-bond donors (Lipinski definition) is 3. The molecule has 0 bridgehead atoms. The molecule has 0 aliphatic heterocycles. The van der Waals surface area contributed by atoms with Crippen molar-refractivity contribution in [1.29, 1.82) is 0 Å². The minimum atomic E-state index is -0.988. The van der Waals surface area contributed by atoms with E-state index >= 15 is 0 Å². The molecule has 3 N–H and O–H groups in total. The van der Waals surface area contributed by atoms with Crippen LogP contribution in [0.5, 0.6) is 5.75 Å². The lowest BCUT2D eigenvalue weighted by Crippen LogP contribution is -2.54. The van der Waals surface area contributed by atoms with Crippen molar-refractivity contribution in [3.05, 3.63) is 41.5 Å². The predicted octanol–water partition coefficient (Wildman–Crippen LogP) is 4.29. The number of fused-ring (bicyclic) bond motifs is 5. The third kappa shape index (κ3) is 5.25. The summed E-state index contributed by atoms with van der Waals surface area (Å²) in [6, 6.07) is 5.55. The van der Waals surface area contributed by atoms with Gasteiger partial charge in [-0.05, 0) is 98.3 Å². The maximum Gasteiger partial charge on any atom is 0.328 e. The minimum absolute atomic E-state index is 0.0967. The lowest BCUT2D eigenvalue weighted by Gasteiger charge is -2.58. The quantitative estimate of drug-likeness (QED) is 0.259. The average molecular weight is 563 g/mol. The van der Waals surface area contributed by atoms with E-state index in [1.807, 2.05) is 0 Å². The zero-order chi connectivity index (χ0) is 29.4. The van der Waals surface area contributed by atoms with Crippen molar-refractivity contribution in [1.82, 2.24) is 5.32 Å². The summed E-state index contributed by atoms with van der Waals surface area (Å²) in [5.41, 5.74) is 1.92. The van der Waals surface area contributed by atoms with Gasteiger partial charge >= 0.3 is 5.97 Å². The Kier molecular flexibility index (Phi) is 7.95. The number of carbonyl (C=O) groups excluding carboxylic acids is 2. The van der Waals surface area contributed by atoms with Crippen molar-refractivity contribution in [3.8, 4) is 18.1 Å². The highest BCUT2D eigenvalue weighted by Gasteiger charge is 2.63. The summed E-state index contributed by atoms with van der Waals surface area (Å²) in [4.78, 5) is 30.3. The molecule has 3 fully saturated rings. The Morgan fingerprint density at radius 1 is 1.12 bits per heavy atom. The first-order chi connectivity index (χ1) is 19.5. The van der Waals surface area contributed by atoms with Crippen LogP contribution in [0.2, 0.25) is 0 Å². The summed E-state index contributed by atoms with van der Waals surface area (Å²) in [6.45, 7) is 4.30. The molecular weight excluding hydrogens is 520 g/mol. The summed E-state index contributed by atoms with van der Waals surface area (Å²) in [5, 5.41) is 27.7. The van der Waals surface area contributed by atoms with Crippen LogP contribution in [0.3, 0.4) is 0 Å². The fraction of sp³-hybridized carbons (Fsp3) is 0.606. The molecule has 0 saturated heterocycles. The van der Waals surface area contributed by atoms with E-state index in [-0.39, 0.29) is 29.6 Å². The van der Waals surface area contributed by atoms with E-state index in [9.17, 15) is 19.8 Å². The number of oxime groups is 1. The van der Waals surface area contributed by atoms with Crippen LogP contribution >= 0.6 is 0 Å². The second kappa shape index (κ2) is 11.2. The highest BCUT2D eigenvalue weighted by molar-refractivity contribution is 5.96. The van der Waals surface area contributed by atoms with Crippen molar-refractivity contribution in [2.24, 2.45) is 33.7 Å². The van der Waals surface area contributed by atoms with Gasteiger partial charge in [0.15, 0.2) is 6.61 Å². The predicted molar refractivity (Wildman–Crippen MR) is 155 cm³/mol. The van der Waals surface area contributed by atoms with E-state index in [4.69, 9.17) is 16.0 Å². The molecule has 4 aliphatic carbocycles. The topological polar surface area (TPSA) is 117 Å². The fourth-order valence-electron chi connectivity index (χ4n) is 8.51. The molecule has 3 saturated carbocycles. The number of rotatable bonds is 7. The Balaban J connectivity index is 1.20. The van der Waals surface area contributed by atoms with Crippen molar-refractivity contribution >= 4 is 17.6 Å². The zero-order valence-electron chi connectivity index (χ0n) is 24.3. The Morgan fingerprint density at radius 2 is 1.85 bits per heavy atom. The van der Waals surface area contributed by atoms with Gasteiger partial charge in [0.05, 0.1) is 12.8 Å². The van der Waals surface area contributed by atoms with E-state index in [2.05, 4.69) is 36.3 Å². The van der Waals surface area contributed by atoms with Crippen LogP contribution in [0.4, 0.5) is 0 Å². The molecule has 8 nitrogen and oxygen atoms in total. The van der Waals surface area contributed by atoms with Gasteiger partial charge in [0.25, 0.3) is 5.91 Å². The molecule has 220 valence electrons. The molecule has 0 unspecified atom stereocenters. The Morgan fingerprint density at radius 3 is 2.56 bits per heavy atom. The summed E-state index contributed by atoms with van der Waals surface area (Å²) in [7, 11) is 1.27. The number of ether oxygens (including phenoxy) is 1. The van der Waals surface area contributed by atoms with Crippen molar-refractivity contribution < 1.29 is 29.4 Å². The van der Waals surface area contributed by atoms with E-state index in [1.165, 1.54) is 24.8 Å². The van der Waals surface area contributed by atoms with E-state index < -0.39 is 23.5 Å². The molecule has 0 spiro atoms. The molecule has 5 rings (SSSR count). The number of carbonyl (C=O) groups is 2. The van der Waals surface area contributed by atoms with Gasteiger partial charge in [-0.3, -0.25) is 4.79 Å². The number of nitrogens with zero attached hydrogens (tertiary/aromatic N) is 1. The average Bonchev–Trinajstić information content (AvgIpc) is 3.24. The van der Waals surface area contributed by atoms with E-state index in [1.54, 1.807) is 12.1 Å². The maximum atomic E-state index is 12.6. The van der Waals surface area contributed by atoms with Crippen LogP contribution in [-0.2, 0) is 25.6 Å². The number of phenolic OH excluding ortho intramolecular Hbond substituents is 1. The molecule has 7 atom stereocenters. The third-order valence-electron chi connectivity index (χ3n) is 10.9. The number of hydrogen-bond acceptors (Lipinski definition) is 7. The lowest BCUT2D eigenvalue weighted by molar-refractivity contribution is -0.145. The fourth-order valence-corrected chi connectivity index (χ4v) is 8.51. The van der Waals surface area contributed by atoms with Crippen molar-refractivity contribution in [3.63, 3.8) is 0 Å². The first kappa shape index (κ1) is 29.2. The highest BCUT2D eigenvalue weighted by Crippen LogP contribution is 2.67. The van der Waals surface area contributed by atoms with Crippen molar-refractivity contribution in [2.45, 2.75) is 83.3 Å². The van der Waals surface area contributed by atoms with Gasteiger partial charge in [-0.2, -0.15) is 0 Å². The molecule has 0 radical (unpaired) electrons. The number of phenols is 1. The first-order valence-electron chi connectivity index (χ1n) is 14.8. The van der Waals surface area contributed by atoms with Gasteiger partial charge in [-0.15, -0.1) is 6.42 Å². The summed E-state index contributed by atoms with van der Waals surface area (Å²) in [5.74, 6) is 3.45. The molecule has 1 amide bonds. The second-order valence-corrected chi connectivity index (χ2v) is 12.9. The summed E-state index contributed by atoms with van der Waals surface area (Å²) < 4.78 is 4.85. The number of methoxy groups -OCH3 is 1. The Hall–Kier alpha value is -3.31. The van der Waals surface area contributed by atoms with Crippen molar-refractivity contribution in [2.75, 3.05) is 13.7 Å². The Labute approximate surface area is 242 Å². The SMILES string of the molecule is C#C[C@@]1(O)CC[C@@H]2[C@H]3CCC4=CC(=NOCC(=O)N[C@H](Cc5ccc(O)cc5)C(=O)OC)CC[C@]4(C)[C@H]3CC[C@]21C. The van der Waals surface area contributed by atoms with Crippen LogP contribution in [0, 0.1) is 40.9 Å². The maximum absolute atomic E-state index is 12.6. The number of esters is 1. The second-order valence-electron chi connectivity index (χ2n) is 12.9. The highest BCUT2D eigenvalue weighted by atomic mass is 16.6. The standard InChI is InChI=1S/C33H42N2O6/c1-5-33(39)17-14-27-25-11-8-22-19-23(12-15-31(22,2)26(25)13-16-32(27,33)3)35-41-20-29(37)34-28(30(38)40-4)18-21-6-9-24(36)10-7-21/h1,6-7,9-10,19,25-28,36,39H,8,11-18,20H2,2-4H3,(H,34,37)/t25-,26-,27+,28+,31-,32+,33+/m0/s1. The smallest absolute Gasteiger partial charge is 0.328 e. The molecule has 4 aliphatic rings. The van der Waals surface area contributed by atoms with Crippen LogP contribution < -0.4 is 5.32 Å². The summed E-state index contributed by atoms with van der Waals surface area (Å²) >= 11 is 0. The summed E-state index contributed by atoms with van der Waals surface area (Å²) in [6.07, 6.45) is 15.8. The largest absolute Gasteiger partial charge is 0.508 e. The molecule has 8 heteroatoms. The van der Waals surface area contributed by atoms with Gasteiger partial charge in [0.2, 0.25) is 0 Å². The molecule has 1 aromatic rings. The molecule has 0 aromatic heterocycles. The van der Waals surface area contributed by atoms with Gasteiger partial charge < -0.3 is 25.1 Å². The van der Waals surface area contributed by atoms with Crippen LogP contribution in [0.25, 0.3) is 0 Å². The normalized spacial score (nSPS) is 35.6. The number of allylic oxidation sites excluding steroid dienone is 2. The number of amides is 1. The molecular formula is C33H42N2O6. The van der Waals surface area contributed by atoms with E-state index in [0.717, 1.165) is 56.2 Å². The van der Waals surface area contributed by atoms with Gasteiger partial charge in [0.1, 0.15) is 17.4 Å². The number of aromatic hydroxyl groups is 1. The number of nitrogens with one attached hydrogen (secondary N) is 1. The van der Waals surface area contributed by atoms with E-state index in [0.29, 0.717) is 24.2 Å².